The van der Waals surface area contributed by atoms with Gasteiger partial charge in [0.25, 0.3) is 0 Å². The van der Waals surface area contributed by atoms with Crippen LogP contribution in [0.2, 0.25) is 0 Å². The van der Waals surface area contributed by atoms with Gasteiger partial charge >= 0.3 is 0 Å². The number of aromatic nitrogens is 4. The fourth-order valence-electron chi connectivity index (χ4n) is 5.08. The summed E-state index contributed by atoms with van der Waals surface area (Å²) in [7, 11) is 0. The van der Waals surface area contributed by atoms with E-state index >= 15 is 0 Å². The van der Waals surface area contributed by atoms with Crippen molar-refractivity contribution >= 4 is 0 Å². The summed E-state index contributed by atoms with van der Waals surface area (Å²) in [5.41, 5.74) is 9.07. The van der Waals surface area contributed by atoms with Crippen molar-refractivity contribution in [2.75, 3.05) is 0 Å². The molecule has 0 saturated heterocycles. The summed E-state index contributed by atoms with van der Waals surface area (Å²) < 4.78 is 0. The molecule has 4 N–H and O–H groups in total. The molecule has 0 aliphatic carbocycles. The molecule has 0 spiro atoms. The van der Waals surface area contributed by atoms with Gasteiger partial charge in [-0.3, -0.25) is 0 Å². The maximum Gasteiger partial charge on any atom is 0.0447 e. The minimum atomic E-state index is -0.163. The molecule has 0 amide bonds. The van der Waals surface area contributed by atoms with Crippen LogP contribution in [0, 0.1) is 0 Å². The Balaban J connectivity index is 1.76. The highest BCUT2D eigenvalue weighted by molar-refractivity contribution is 5.43. The van der Waals surface area contributed by atoms with Crippen molar-refractivity contribution in [3.63, 3.8) is 0 Å². The lowest BCUT2D eigenvalue weighted by Gasteiger charge is -2.28. The molecule has 32 heavy (non-hydrogen) atoms. The molecule has 4 heteroatoms. The predicted molar refractivity (Wildman–Crippen MR) is 132 cm³/mol. The van der Waals surface area contributed by atoms with Gasteiger partial charge in [-0.05, 0) is 104 Å². The van der Waals surface area contributed by atoms with Crippen molar-refractivity contribution in [3.05, 3.63) is 94.1 Å². The zero-order valence-electron chi connectivity index (χ0n) is 20.6. The van der Waals surface area contributed by atoms with E-state index in [1.165, 1.54) is 45.6 Å². The molecule has 4 aromatic rings. The van der Waals surface area contributed by atoms with Crippen molar-refractivity contribution in [1.29, 1.82) is 0 Å². The molecule has 0 aromatic carbocycles. The number of hydrogen-bond donors (Lipinski definition) is 4. The van der Waals surface area contributed by atoms with Crippen LogP contribution in [-0.4, -0.2) is 19.9 Å². The molecule has 4 nitrogen and oxygen atoms in total. The molecule has 1 aliphatic heterocycles. The van der Waals surface area contributed by atoms with E-state index in [9.17, 15) is 0 Å². The van der Waals surface area contributed by atoms with Crippen molar-refractivity contribution < 1.29 is 0 Å². The Hall–Kier alpha value is -2.88. The molecule has 1 aliphatic rings. The lowest BCUT2D eigenvalue weighted by Crippen LogP contribution is -2.26. The Morgan fingerprint density at radius 2 is 0.438 bits per heavy atom. The number of H-pyrrole nitrogens is 4. The van der Waals surface area contributed by atoms with E-state index in [0.29, 0.717) is 0 Å². The van der Waals surface area contributed by atoms with E-state index in [0.717, 1.165) is 0 Å². The van der Waals surface area contributed by atoms with Crippen molar-refractivity contribution in [1.82, 2.24) is 19.9 Å². The molecule has 0 atom stereocenters. The smallest absolute Gasteiger partial charge is 0.0447 e. The third kappa shape index (κ3) is 2.81. The minimum Gasteiger partial charge on any atom is -0.361 e. The van der Waals surface area contributed by atoms with Gasteiger partial charge < -0.3 is 19.9 Å². The van der Waals surface area contributed by atoms with E-state index in [1.807, 2.05) is 0 Å². The first-order valence-corrected chi connectivity index (χ1v) is 11.6. The lowest BCUT2D eigenvalue weighted by molar-refractivity contribution is 0.545. The quantitative estimate of drug-likeness (QED) is 0.243. The maximum absolute atomic E-state index is 3.77. The third-order valence-electron chi connectivity index (χ3n) is 8.13. The van der Waals surface area contributed by atoms with Crippen LogP contribution in [0.15, 0.2) is 48.5 Å². The Kier molecular flexibility index (Phi) is 4.16. The van der Waals surface area contributed by atoms with Crippen molar-refractivity contribution in [2.45, 2.75) is 77.0 Å². The Bertz CT molecular complexity index is 999. The van der Waals surface area contributed by atoms with E-state index in [1.54, 1.807) is 0 Å². The first-order valence-electron chi connectivity index (χ1n) is 11.6. The van der Waals surface area contributed by atoms with E-state index in [4.69, 9.17) is 0 Å². The van der Waals surface area contributed by atoms with Crippen LogP contribution in [0.1, 0.15) is 101 Å². The number of rotatable bonds is 0. The Labute approximate surface area is 191 Å². The molecule has 8 bridgehead atoms. The van der Waals surface area contributed by atoms with E-state index in [2.05, 4.69) is 124 Å². The lowest BCUT2D eigenvalue weighted by atomic mass is 9.85. The summed E-state index contributed by atoms with van der Waals surface area (Å²) in [5.74, 6) is 0. The van der Waals surface area contributed by atoms with Gasteiger partial charge in [-0.2, -0.15) is 0 Å². The standard InChI is InChI=1S/C28H36N4/c1-25(2)17-9-11-19(29-17)26(3,4)21-13-15-23(31-21)28(7,8)24-16-14-22(32-24)27(5,6)20-12-10-18(25)30-20/h9-16,29-32H,1-8H3. The monoisotopic (exact) mass is 428 g/mol. The van der Waals surface area contributed by atoms with Crippen LogP contribution in [0.5, 0.6) is 0 Å². The third-order valence-corrected chi connectivity index (χ3v) is 8.13. The zero-order chi connectivity index (χ0) is 23.1. The van der Waals surface area contributed by atoms with Gasteiger partial charge in [-0.1, -0.05) is 0 Å². The second-order valence-corrected chi connectivity index (χ2v) is 11.6. The Morgan fingerprint density at radius 3 is 0.562 bits per heavy atom. The van der Waals surface area contributed by atoms with Crippen LogP contribution < -0.4 is 0 Å². The average Bonchev–Trinajstić information content (AvgIpc) is 3.53. The largest absolute Gasteiger partial charge is 0.361 e. The van der Waals surface area contributed by atoms with Crippen molar-refractivity contribution in [2.24, 2.45) is 0 Å². The first-order chi connectivity index (χ1) is 14.8. The van der Waals surface area contributed by atoms with Gasteiger partial charge in [-0.25, -0.2) is 0 Å². The summed E-state index contributed by atoms with van der Waals surface area (Å²) in [6.45, 7) is 18.2. The molecule has 5 heterocycles. The molecule has 5 rings (SSSR count). The number of aromatic amines is 4. The van der Waals surface area contributed by atoms with Gasteiger partial charge in [-0.15, -0.1) is 0 Å². The molecule has 0 fully saturated rings. The highest BCUT2D eigenvalue weighted by Gasteiger charge is 2.36. The van der Waals surface area contributed by atoms with Crippen LogP contribution in [-0.2, 0) is 21.7 Å². The van der Waals surface area contributed by atoms with Crippen LogP contribution in [0.4, 0.5) is 0 Å². The van der Waals surface area contributed by atoms with Crippen LogP contribution in [0.25, 0.3) is 0 Å². The second kappa shape index (κ2) is 6.34. The summed E-state index contributed by atoms with van der Waals surface area (Å²) in [6, 6.07) is 17.9. The first kappa shape index (κ1) is 21.0. The molecule has 4 aromatic heterocycles. The Morgan fingerprint density at radius 1 is 0.312 bits per heavy atom. The fourth-order valence-corrected chi connectivity index (χ4v) is 5.08. The highest BCUT2D eigenvalue weighted by Crippen LogP contribution is 2.40. The maximum atomic E-state index is 3.77. The molecular formula is C28H36N4. The number of hydrogen-bond acceptors (Lipinski definition) is 0. The van der Waals surface area contributed by atoms with Gasteiger partial charge in [0.05, 0.1) is 0 Å². The molecule has 0 radical (unpaired) electrons. The fraction of sp³-hybridized carbons (Fsp3) is 0.429. The van der Waals surface area contributed by atoms with Crippen molar-refractivity contribution in [3.8, 4) is 0 Å². The summed E-state index contributed by atoms with van der Waals surface area (Å²) in [6.07, 6.45) is 0. The predicted octanol–water partition coefficient (Wildman–Crippen LogP) is 6.62. The number of fused-ring (bicyclic) bond motifs is 8. The summed E-state index contributed by atoms with van der Waals surface area (Å²) >= 11 is 0. The minimum absolute atomic E-state index is 0.163. The highest BCUT2D eigenvalue weighted by atomic mass is 14.9. The molecule has 168 valence electrons. The average molecular weight is 429 g/mol. The van der Waals surface area contributed by atoms with Crippen LogP contribution >= 0.6 is 0 Å². The van der Waals surface area contributed by atoms with E-state index < -0.39 is 0 Å². The SMILES string of the molecule is CC1(C)c2ccc([nH]2)C(C)(C)c2ccc([nH]2)C(C)(C)c2ccc([nH]2)C(C)(C)c2ccc1[nH]2. The number of nitrogens with one attached hydrogen (secondary N) is 4. The van der Waals surface area contributed by atoms with Crippen LogP contribution in [0.3, 0.4) is 0 Å². The van der Waals surface area contributed by atoms with Gasteiger partial charge in [0.2, 0.25) is 0 Å². The topological polar surface area (TPSA) is 63.2 Å². The van der Waals surface area contributed by atoms with Gasteiger partial charge in [0, 0.05) is 67.2 Å². The molecular weight excluding hydrogens is 392 g/mol. The van der Waals surface area contributed by atoms with Gasteiger partial charge in [0.15, 0.2) is 0 Å². The zero-order valence-corrected chi connectivity index (χ0v) is 20.6. The molecule has 0 saturated carbocycles. The summed E-state index contributed by atoms with van der Waals surface area (Å²) in [4.78, 5) is 15.1. The van der Waals surface area contributed by atoms with E-state index in [-0.39, 0.29) is 21.7 Å². The molecule has 0 unspecified atom stereocenters. The summed E-state index contributed by atoms with van der Waals surface area (Å²) in [5, 5.41) is 0. The van der Waals surface area contributed by atoms with Gasteiger partial charge in [0.1, 0.15) is 0 Å². The second-order valence-electron chi connectivity index (χ2n) is 11.6. The normalized spacial score (nSPS) is 20.2.